The number of hydrogen-bond donors (Lipinski definition) is 2. The molecule has 0 saturated carbocycles. The van der Waals surface area contributed by atoms with Gasteiger partial charge < -0.3 is 5.21 Å². The highest BCUT2D eigenvalue weighted by Gasteiger charge is 2.39. The quantitative estimate of drug-likeness (QED) is 0.279. The first-order valence-electron chi connectivity index (χ1n) is 12.7. The Morgan fingerprint density at radius 3 is 2.59 bits per heavy atom. The van der Waals surface area contributed by atoms with Crippen LogP contribution in [0.4, 0.5) is 5.69 Å². The topological polar surface area (TPSA) is 94.0 Å². The molecule has 7 nitrogen and oxygen atoms in total. The van der Waals surface area contributed by atoms with Crippen molar-refractivity contribution >= 4 is 53.8 Å². The molecule has 5 aromatic rings. The van der Waals surface area contributed by atoms with Gasteiger partial charge in [0.1, 0.15) is 6.04 Å². The maximum absolute atomic E-state index is 14.0. The summed E-state index contributed by atoms with van der Waals surface area (Å²) in [4.78, 5) is 12.5. The van der Waals surface area contributed by atoms with Crippen LogP contribution in [0.1, 0.15) is 39.5 Å². The normalized spacial score (nSPS) is 17.0. The van der Waals surface area contributed by atoms with E-state index in [0.717, 1.165) is 38.5 Å². The summed E-state index contributed by atoms with van der Waals surface area (Å²) in [6.07, 6.45) is 0.0666. The lowest BCUT2D eigenvalue weighted by Gasteiger charge is -2.33. The summed E-state index contributed by atoms with van der Waals surface area (Å²) in [5.41, 5.74) is 4.15. The minimum absolute atomic E-state index is 0.0666. The molecule has 1 aromatic heterocycles. The first-order chi connectivity index (χ1) is 18.8. The van der Waals surface area contributed by atoms with E-state index in [4.69, 9.17) is 0 Å². The summed E-state index contributed by atoms with van der Waals surface area (Å²) in [7, 11) is -3.97. The Balaban J connectivity index is 1.32. The van der Waals surface area contributed by atoms with Gasteiger partial charge in [-0.2, -0.15) is 0 Å². The van der Waals surface area contributed by atoms with Gasteiger partial charge in [-0.3, -0.25) is 9.97 Å². The fraction of sp³-hybridized carbons (Fsp3) is 0.167. The molecule has 0 bridgehead atoms. The average Bonchev–Trinajstić information content (AvgIpc) is 3.47. The number of rotatable bonds is 7. The van der Waals surface area contributed by atoms with E-state index < -0.39 is 22.0 Å². The van der Waals surface area contributed by atoms with Crippen molar-refractivity contribution in [2.75, 3.05) is 10.8 Å². The molecular formula is C30H27N3O4S2. The standard InChI is InChI=1S/C30H27N3O4S2/c1-20-8-7-13-27-28(20)23(19-38-27)18-32-25-15-14-21-9-5-6-12-24(21)29(25)26(33(32)35)16-17-39(36,37)31-30(34)22-10-3-2-4-11-22/h2-15,19,26,33H,16-18H2,1H3,(H,31,34). The summed E-state index contributed by atoms with van der Waals surface area (Å²) in [6.45, 7) is 2.48. The third kappa shape index (κ3) is 4.79. The van der Waals surface area contributed by atoms with Crippen molar-refractivity contribution in [1.82, 2.24) is 4.72 Å². The summed E-state index contributed by atoms with van der Waals surface area (Å²) >= 11 is 1.66. The molecule has 6 rings (SSSR count). The van der Waals surface area contributed by atoms with Gasteiger partial charge in [0.05, 0.1) is 18.0 Å². The van der Waals surface area contributed by atoms with Crippen LogP contribution >= 0.6 is 11.3 Å². The Morgan fingerprint density at radius 2 is 1.77 bits per heavy atom. The third-order valence-corrected chi connectivity index (χ3v) is 9.59. The van der Waals surface area contributed by atoms with Crippen LogP contribution in [-0.4, -0.2) is 20.1 Å². The van der Waals surface area contributed by atoms with Crippen LogP contribution in [0.2, 0.25) is 0 Å². The maximum atomic E-state index is 14.0. The maximum Gasteiger partial charge on any atom is 0.264 e. The highest BCUT2D eigenvalue weighted by molar-refractivity contribution is 7.90. The second-order valence-corrected chi connectivity index (χ2v) is 12.6. The Hall–Kier alpha value is -3.76. The fourth-order valence-corrected chi connectivity index (χ4v) is 7.57. The molecule has 0 spiro atoms. The largest absolute Gasteiger partial charge is 0.607 e. The van der Waals surface area contributed by atoms with Crippen molar-refractivity contribution in [2.24, 2.45) is 0 Å². The van der Waals surface area contributed by atoms with Gasteiger partial charge in [-0.25, -0.2) is 18.1 Å². The zero-order valence-corrected chi connectivity index (χ0v) is 22.9. The Kier molecular flexibility index (Phi) is 6.60. The molecule has 2 heterocycles. The first kappa shape index (κ1) is 25.5. The average molecular weight is 558 g/mol. The van der Waals surface area contributed by atoms with Crippen molar-refractivity contribution in [2.45, 2.75) is 25.9 Å². The molecule has 1 aliphatic rings. The number of fused-ring (bicyclic) bond motifs is 4. The number of hydrogen-bond acceptors (Lipinski definition) is 6. The Morgan fingerprint density at radius 1 is 1.00 bits per heavy atom. The van der Waals surface area contributed by atoms with Gasteiger partial charge >= 0.3 is 0 Å². The molecule has 0 radical (unpaired) electrons. The number of hydroxylamine groups is 1. The van der Waals surface area contributed by atoms with E-state index in [2.05, 4.69) is 29.2 Å². The van der Waals surface area contributed by atoms with Gasteiger partial charge in [-0.05, 0) is 58.5 Å². The van der Waals surface area contributed by atoms with Gasteiger partial charge in [0.2, 0.25) is 10.0 Å². The number of carbonyl (C=O) groups excluding carboxylic acids is 1. The van der Waals surface area contributed by atoms with Crippen LogP contribution in [0, 0.1) is 12.1 Å². The summed E-state index contributed by atoms with van der Waals surface area (Å²) in [5.74, 6) is -1.03. The lowest BCUT2D eigenvalue weighted by Crippen LogP contribution is -3.13. The molecule has 2 N–H and O–H groups in total. The Labute approximate surface area is 230 Å². The predicted molar refractivity (Wildman–Crippen MR) is 156 cm³/mol. The van der Waals surface area contributed by atoms with Crippen molar-refractivity contribution in [3.63, 3.8) is 0 Å². The van der Waals surface area contributed by atoms with Gasteiger partial charge in [-0.1, -0.05) is 60.7 Å². The molecule has 9 heteroatoms. The van der Waals surface area contributed by atoms with Crippen molar-refractivity contribution < 1.29 is 18.4 Å². The van der Waals surface area contributed by atoms with Crippen molar-refractivity contribution in [3.05, 3.63) is 118 Å². The molecule has 0 fully saturated rings. The minimum atomic E-state index is -3.97. The smallest absolute Gasteiger partial charge is 0.264 e. The zero-order valence-electron chi connectivity index (χ0n) is 21.3. The number of quaternary nitrogens is 1. The van der Waals surface area contributed by atoms with Gasteiger partial charge in [0.15, 0.2) is 0 Å². The second kappa shape index (κ2) is 10.1. The fourth-order valence-electron chi connectivity index (χ4n) is 5.49. The van der Waals surface area contributed by atoms with Crippen LogP contribution in [-0.2, 0) is 16.6 Å². The Bertz CT molecular complexity index is 1800. The SMILES string of the molecule is Cc1cccc2scc(CN3c4ccc5ccccc5c4C(CCS(=O)(=O)NC(=O)c4ccccc4)[NH+]3[O-])c12. The number of carbonyl (C=O) groups is 1. The first-order valence-corrected chi connectivity index (χ1v) is 15.2. The number of aryl methyl sites for hydroxylation is 1. The molecule has 2 unspecified atom stereocenters. The summed E-state index contributed by atoms with van der Waals surface area (Å²) in [5, 5.41) is 20.8. The number of thiophene rings is 1. The zero-order chi connectivity index (χ0) is 27.1. The molecule has 4 aromatic carbocycles. The van der Waals surface area contributed by atoms with Crippen LogP contribution < -0.4 is 14.9 Å². The van der Waals surface area contributed by atoms with Crippen LogP contribution in [0.25, 0.3) is 20.9 Å². The number of sulfonamides is 1. The van der Waals surface area contributed by atoms with Gasteiger partial charge in [-0.15, -0.1) is 11.3 Å². The van der Waals surface area contributed by atoms with E-state index in [1.807, 2.05) is 42.5 Å². The van der Waals surface area contributed by atoms with Crippen molar-refractivity contribution in [1.29, 1.82) is 0 Å². The number of amides is 1. The molecule has 198 valence electrons. The molecular weight excluding hydrogens is 530 g/mol. The lowest BCUT2D eigenvalue weighted by atomic mass is 9.97. The molecule has 1 aliphatic heterocycles. The van der Waals surface area contributed by atoms with E-state index in [0.29, 0.717) is 6.54 Å². The van der Waals surface area contributed by atoms with Crippen LogP contribution in [0.3, 0.4) is 0 Å². The number of benzene rings is 4. The third-order valence-electron chi connectivity index (χ3n) is 7.32. The van der Waals surface area contributed by atoms with E-state index in [-0.39, 0.29) is 22.9 Å². The monoisotopic (exact) mass is 557 g/mol. The number of nitrogens with zero attached hydrogens (tertiary/aromatic N) is 1. The molecule has 39 heavy (non-hydrogen) atoms. The highest BCUT2D eigenvalue weighted by Crippen LogP contribution is 2.39. The minimum Gasteiger partial charge on any atom is -0.607 e. The van der Waals surface area contributed by atoms with E-state index in [1.54, 1.807) is 46.7 Å². The van der Waals surface area contributed by atoms with Crippen LogP contribution in [0.5, 0.6) is 0 Å². The summed E-state index contributed by atoms with van der Waals surface area (Å²) < 4.78 is 29.2. The second-order valence-electron chi connectivity index (χ2n) is 9.81. The molecule has 0 aliphatic carbocycles. The molecule has 1 amide bonds. The van der Waals surface area contributed by atoms with E-state index in [9.17, 15) is 18.4 Å². The van der Waals surface area contributed by atoms with Gasteiger partial charge in [0, 0.05) is 27.6 Å². The highest BCUT2D eigenvalue weighted by atomic mass is 32.2. The summed E-state index contributed by atoms with van der Waals surface area (Å²) in [6, 6.07) is 25.6. The molecule has 2 atom stereocenters. The van der Waals surface area contributed by atoms with Crippen LogP contribution in [0.15, 0.2) is 90.3 Å². The molecule has 0 saturated heterocycles. The van der Waals surface area contributed by atoms with E-state index in [1.165, 1.54) is 4.70 Å². The number of anilines is 1. The van der Waals surface area contributed by atoms with Gasteiger partial charge in [0.25, 0.3) is 5.91 Å². The number of nitrogens with one attached hydrogen (secondary N) is 2. The van der Waals surface area contributed by atoms with E-state index >= 15 is 0 Å². The van der Waals surface area contributed by atoms with Crippen molar-refractivity contribution in [3.8, 4) is 0 Å². The lowest BCUT2D eigenvalue weighted by molar-refractivity contribution is -0.886. The predicted octanol–water partition coefficient (Wildman–Crippen LogP) is 4.87.